The summed E-state index contributed by atoms with van der Waals surface area (Å²) in [5.74, 6) is -0.372. The smallest absolute Gasteiger partial charge is 0.251 e. The zero-order valence-corrected chi connectivity index (χ0v) is 16.8. The van der Waals surface area contributed by atoms with E-state index in [1.165, 1.54) is 31.9 Å². The van der Waals surface area contributed by atoms with Gasteiger partial charge in [-0.25, -0.2) is 12.7 Å². The van der Waals surface area contributed by atoms with Crippen molar-refractivity contribution < 1.29 is 13.2 Å². The minimum atomic E-state index is -3.68. The first-order valence-electron chi connectivity index (χ1n) is 8.66. The van der Waals surface area contributed by atoms with Crippen LogP contribution in [0.1, 0.15) is 31.0 Å². The summed E-state index contributed by atoms with van der Waals surface area (Å²) in [5, 5.41) is 2.83. The van der Waals surface area contributed by atoms with Crippen molar-refractivity contribution in [2.75, 3.05) is 14.1 Å². The SMILES string of the molecule is CCc1ccc([C@@H](C)NC(=O)Cn2cc(S(=O)(=O)N(C)C)ccc2=O)cc1. The number of nitrogens with one attached hydrogen (secondary N) is 1. The molecular formula is C19H25N3O4S. The van der Waals surface area contributed by atoms with Crippen molar-refractivity contribution in [3.8, 4) is 0 Å². The Labute approximate surface area is 159 Å². The van der Waals surface area contributed by atoms with Crippen LogP contribution >= 0.6 is 0 Å². The molecule has 0 fully saturated rings. The van der Waals surface area contributed by atoms with Gasteiger partial charge in [0.05, 0.1) is 10.9 Å². The van der Waals surface area contributed by atoms with Crippen LogP contribution in [0.4, 0.5) is 0 Å². The quantitative estimate of drug-likeness (QED) is 0.775. The first-order valence-corrected chi connectivity index (χ1v) is 10.1. The third-order valence-corrected chi connectivity index (χ3v) is 6.11. The number of carbonyl (C=O) groups is 1. The van der Waals surface area contributed by atoms with E-state index in [4.69, 9.17) is 0 Å². The highest BCUT2D eigenvalue weighted by molar-refractivity contribution is 7.89. The Hall–Kier alpha value is -2.45. The van der Waals surface area contributed by atoms with Crippen LogP contribution in [0.3, 0.4) is 0 Å². The van der Waals surface area contributed by atoms with Gasteiger partial charge < -0.3 is 9.88 Å². The van der Waals surface area contributed by atoms with E-state index in [0.717, 1.165) is 26.9 Å². The maximum absolute atomic E-state index is 12.3. The van der Waals surface area contributed by atoms with Crippen molar-refractivity contribution in [1.82, 2.24) is 14.2 Å². The summed E-state index contributed by atoms with van der Waals surface area (Å²) in [5.41, 5.74) is 1.72. The van der Waals surface area contributed by atoms with Gasteiger partial charge in [0.2, 0.25) is 15.9 Å². The van der Waals surface area contributed by atoms with Crippen molar-refractivity contribution >= 4 is 15.9 Å². The maximum Gasteiger partial charge on any atom is 0.251 e. The van der Waals surface area contributed by atoms with Crippen molar-refractivity contribution in [3.63, 3.8) is 0 Å². The largest absolute Gasteiger partial charge is 0.348 e. The second-order valence-electron chi connectivity index (χ2n) is 6.50. The van der Waals surface area contributed by atoms with Crippen molar-refractivity contribution in [2.45, 2.75) is 37.8 Å². The number of rotatable bonds is 7. The topological polar surface area (TPSA) is 88.5 Å². The fourth-order valence-electron chi connectivity index (χ4n) is 2.56. The van der Waals surface area contributed by atoms with E-state index >= 15 is 0 Å². The van der Waals surface area contributed by atoms with E-state index in [-0.39, 0.29) is 23.4 Å². The van der Waals surface area contributed by atoms with Crippen molar-refractivity contribution in [2.24, 2.45) is 0 Å². The predicted molar refractivity (Wildman–Crippen MR) is 104 cm³/mol. The summed E-state index contributed by atoms with van der Waals surface area (Å²) in [6.45, 7) is 3.67. The molecule has 1 aromatic heterocycles. The summed E-state index contributed by atoms with van der Waals surface area (Å²) in [6, 6.07) is 10.1. The van der Waals surface area contributed by atoms with Gasteiger partial charge >= 0.3 is 0 Å². The van der Waals surface area contributed by atoms with Gasteiger partial charge in [-0.05, 0) is 30.5 Å². The predicted octanol–water partition coefficient (Wildman–Crippen LogP) is 1.54. The van der Waals surface area contributed by atoms with Crippen LogP contribution in [-0.2, 0) is 27.8 Å². The number of benzene rings is 1. The number of hydrogen-bond acceptors (Lipinski definition) is 4. The molecule has 1 atom stereocenters. The Morgan fingerprint density at radius 2 is 1.78 bits per heavy atom. The Kier molecular flexibility index (Phi) is 6.56. The van der Waals surface area contributed by atoms with E-state index < -0.39 is 15.6 Å². The Morgan fingerprint density at radius 1 is 1.15 bits per heavy atom. The third kappa shape index (κ3) is 5.05. The number of carbonyl (C=O) groups excluding carboxylic acids is 1. The summed E-state index contributed by atoms with van der Waals surface area (Å²) in [7, 11) is -0.871. The molecule has 0 aliphatic heterocycles. The zero-order valence-electron chi connectivity index (χ0n) is 16.0. The highest BCUT2D eigenvalue weighted by Gasteiger charge is 2.19. The van der Waals surface area contributed by atoms with Crippen LogP contribution in [-0.4, -0.2) is 37.3 Å². The Bertz CT molecular complexity index is 963. The first-order chi connectivity index (χ1) is 12.6. The molecule has 146 valence electrons. The van der Waals surface area contributed by atoms with Gasteiger partial charge in [0, 0.05) is 26.4 Å². The average Bonchev–Trinajstić information content (AvgIpc) is 2.63. The molecule has 1 aromatic carbocycles. The summed E-state index contributed by atoms with van der Waals surface area (Å²) in [6.07, 6.45) is 2.13. The summed E-state index contributed by atoms with van der Waals surface area (Å²) in [4.78, 5) is 24.3. The normalized spacial score (nSPS) is 12.8. The number of aryl methyl sites for hydroxylation is 1. The number of nitrogens with zero attached hydrogens (tertiary/aromatic N) is 2. The highest BCUT2D eigenvalue weighted by Crippen LogP contribution is 2.14. The molecule has 1 amide bonds. The lowest BCUT2D eigenvalue weighted by atomic mass is 10.1. The van der Waals surface area contributed by atoms with Crippen molar-refractivity contribution in [3.05, 3.63) is 64.1 Å². The van der Waals surface area contributed by atoms with Crippen LogP contribution in [0.25, 0.3) is 0 Å². The van der Waals surface area contributed by atoms with Gasteiger partial charge in [0.25, 0.3) is 5.56 Å². The molecule has 0 spiro atoms. The minimum Gasteiger partial charge on any atom is -0.348 e. The van der Waals surface area contributed by atoms with E-state index in [1.807, 2.05) is 31.2 Å². The van der Waals surface area contributed by atoms with E-state index in [9.17, 15) is 18.0 Å². The standard InChI is InChI=1S/C19H25N3O4S/c1-5-15-6-8-16(9-7-15)14(2)20-18(23)13-22-12-17(10-11-19(22)24)27(25,26)21(3)4/h6-12,14H,5,13H2,1-4H3,(H,20,23)/t14-/m1/s1. The van der Waals surface area contributed by atoms with Crippen molar-refractivity contribution in [1.29, 1.82) is 0 Å². The minimum absolute atomic E-state index is 0.0388. The van der Waals surface area contributed by atoms with Gasteiger partial charge in [0.15, 0.2) is 0 Å². The van der Waals surface area contributed by atoms with Crippen LogP contribution < -0.4 is 10.9 Å². The molecular weight excluding hydrogens is 366 g/mol. The number of hydrogen-bond donors (Lipinski definition) is 1. The van der Waals surface area contributed by atoms with Gasteiger partial charge in [-0.2, -0.15) is 0 Å². The molecule has 0 unspecified atom stereocenters. The number of amides is 1. The lowest BCUT2D eigenvalue weighted by Crippen LogP contribution is -2.34. The van der Waals surface area contributed by atoms with Crippen LogP contribution in [0, 0.1) is 0 Å². The van der Waals surface area contributed by atoms with Gasteiger partial charge in [-0.3, -0.25) is 9.59 Å². The number of sulfonamides is 1. The van der Waals surface area contributed by atoms with Crippen LogP contribution in [0.2, 0.25) is 0 Å². The molecule has 8 heteroatoms. The summed E-state index contributed by atoms with van der Waals surface area (Å²) < 4.78 is 26.6. The average molecular weight is 391 g/mol. The molecule has 0 radical (unpaired) electrons. The van der Waals surface area contributed by atoms with E-state index in [2.05, 4.69) is 12.2 Å². The van der Waals surface area contributed by atoms with E-state index in [1.54, 1.807) is 0 Å². The number of aromatic nitrogens is 1. The van der Waals surface area contributed by atoms with Gasteiger partial charge in [-0.1, -0.05) is 31.2 Å². The van der Waals surface area contributed by atoms with E-state index in [0.29, 0.717) is 0 Å². The van der Waals surface area contributed by atoms with Crippen LogP contribution in [0.5, 0.6) is 0 Å². The fourth-order valence-corrected chi connectivity index (χ4v) is 3.49. The molecule has 0 aliphatic carbocycles. The van der Waals surface area contributed by atoms with Gasteiger partial charge in [0.1, 0.15) is 6.54 Å². The zero-order chi connectivity index (χ0) is 20.2. The second kappa shape index (κ2) is 8.49. The monoisotopic (exact) mass is 391 g/mol. The molecule has 0 saturated carbocycles. The maximum atomic E-state index is 12.3. The molecule has 1 N–H and O–H groups in total. The molecule has 7 nitrogen and oxygen atoms in total. The summed E-state index contributed by atoms with van der Waals surface area (Å²) >= 11 is 0. The highest BCUT2D eigenvalue weighted by atomic mass is 32.2. The Morgan fingerprint density at radius 3 is 2.33 bits per heavy atom. The third-order valence-electron chi connectivity index (χ3n) is 4.31. The molecule has 2 rings (SSSR count). The molecule has 0 saturated heterocycles. The van der Waals surface area contributed by atoms with Gasteiger partial charge in [-0.15, -0.1) is 0 Å². The molecule has 27 heavy (non-hydrogen) atoms. The molecule has 0 bridgehead atoms. The molecule has 0 aliphatic rings. The lowest BCUT2D eigenvalue weighted by Gasteiger charge is -2.16. The fraction of sp³-hybridized carbons (Fsp3) is 0.368. The number of pyridine rings is 1. The van der Waals surface area contributed by atoms with Crippen LogP contribution in [0.15, 0.2) is 52.3 Å². The second-order valence-corrected chi connectivity index (χ2v) is 8.65. The first kappa shape index (κ1) is 20.9. The molecule has 2 aromatic rings. The Balaban J connectivity index is 2.14. The lowest BCUT2D eigenvalue weighted by molar-refractivity contribution is -0.122. The molecule has 1 heterocycles.